The first-order valence-electron chi connectivity index (χ1n) is 6.67. The summed E-state index contributed by atoms with van der Waals surface area (Å²) in [5.41, 5.74) is 0.790. The van der Waals surface area contributed by atoms with Crippen LogP contribution in [0.25, 0.3) is 0 Å². The molecule has 2 rings (SSSR count). The molecule has 0 spiro atoms. The number of H-pyrrole nitrogens is 1. The van der Waals surface area contributed by atoms with Gasteiger partial charge in [-0.1, -0.05) is 18.2 Å². The maximum Gasteiger partial charge on any atom is 0.244 e. The Labute approximate surface area is 124 Å². The van der Waals surface area contributed by atoms with E-state index in [1.54, 1.807) is 6.92 Å². The number of hydrogen-bond donors (Lipinski definition) is 2. The van der Waals surface area contributed by atoms with E-state index in [0.717, 1.165) is 5.56 Å². The SMILES string of the molecule is CC(C)Oc1ccccc1C(C)NS(=O)(=O)c1cn[nH]c1. The molecule has 0 saturated heterocycles. The van der Waals surface area contributed by atoms with Crippen LogP contribution >= 0.6 is 0 Å². The van der Waals surface area contributed by atoms with Gasteiger partial charge in [-0.25, -0.2) is 13.1 Å². The van der Waals surface area contributed by atoms with Crippen LogP contribution in [0.1, 0.15) is 32.4 Å². The third-order valence-corrected chi connectivity index (χ3v) is 4.37. The van der Waals surface area contributed by atoms with E-state index in [1.165, 1.54) is 12.4 Å². The summed E-state index contributed by atoms with van der Waals surface area (Å²) in [6.45, 7) is 5.63. The highest BCUT2D eigenvalue weighted by atomic mass is 32.2. The van der Waals surface area contributed by atoms with Gasteiger partial charge >= 0.3 is 0 Å². The highest BCUT2D eigenvalue weighted by molar-refractivity contribution is 7.89. The quantitative estimate of drug-likeness (QED) is 0.857. The Balaban J connectivity index is 2.23. The van der Waals surface area contributed by atoms with Gasteiger partial charge in [-0.3, -0.25) is 5.10 Å². The molecule has 114 valence electrons. The average Bonchev–Trinajstić information content (AvgIpc) is 2.92. The Morgan fingerprint density at radius 1 is 1.24 bits per heavy atom. The minimum Gasteiger partial charge on any atom is -0.491 e. The standard InChI is InChI=1S/C14H19N3O3S/c1-10(2)20-14-7-5-4-6-13(14)11(3)17-21(18,19)12-8-15-16-9-12/h4-11,17H,1-3H3,(H,15,16). The number of benzene rings is 1. The van der Waals surface area contributed by atoms with Gasteiger partial charge in [-0.2, -0.15) is 5.10 Å². The van der Waals surface area contributed by atoms with Crippen molar-refractivity contribution in [2.75, 3.05) is 0 Å². The van der Waals surface area contributed by atoms with Gasteiger partial charge < -0.3 is 4.74 Å². The molecule has 1 atom stereocenters. The third-order valence-electron chi connectivity index (χ3n) is 2.86. The van der Waals surface area contributed by atoms with Gasteiger partial charge in [-0.15, -0.1) is 0 Å². The van der Waals surface area contributed by atoms with Crippen LogP contribution in [0.5, 0.6) is 5.75 Å². The van der Waals surface area contributed by atoms with Crippen molar-refractivity contribution in [1.82, 2.24) is 14.9 Å². The van der Waals surface area contributed by atoms with Gasteiger partial charge in [0.15, 0.2) is 0 Å². The minimum absolute atomic E-state index is 0.0174. The number of ether oxygens (including phenoxy) is 1. The maximum absolute atomic E-state index is 12.2. The number of rotatable bonds is 6. The molecule has 1 aromatic carbocycles. The van der Waals surface area contributed by atoms with Crippen molar-refractivity contribution in [2.45, 2.75) is 37.8 Å². The number of nitrogens with one attached hydrogen (secondary N) is 2. The molecule has 6 nitrogen and oxygen atoms in total. The predicted molar refractivity (Wildman–Crippen MR) is 79.5 cm³/mol. The first kappa shape index (κ1) is 15.5. The normalized spacial score (nSPS) is 13.3. The van der Waals surface area contributed by atoms with Gasteiger partial charge in [0.1, 0.15) is 10.6 Å². The zero-order valence-electron chi connectivity index (χ0n) is 12.2. The van der Waals surface area contributed by atoms with E-state index in [4.69, 9.17) is 4.74 Å². The van der Waals surface area contributed by atoms with Crippen molar-refractivity contribution in [3.05, 3.63) is 42.2 Å². The van der Waals surface area contributed by atoms with Crippen LogP contribution in [0.3, 0.4) is 0 Å². The second-order valence-electron chi connectivity index (χ2n) is 4.98. The van der Waals surface area contributed by atoms with E-state index < -0.39 is 16.1 Å². The summed E-state index contributed by atoms with van der Waals surface area (Å²) in [6, 6.07) is 6.97. The van der Waals surface area contributed by atoms with Gasteiger partial charge in [0, 0.05) is 17.8 Å². The molecule has 0 aliphatic heterocycles. The fourth-order valence-electron chi connectivity index (χ4n) is 1.95. The Morgan fingerprint density at radius 2 is 1.95 bits per heavy atom. The summed E-state index contributed by atoms with van der Waals surface area (Å²) < 4.78 is 32.7. The molecule has 0 bridgehead atoms. The molecule has 2 aromatic rings. The lowest BCUT2D eigenvalue weighted by atomic mass is 10.1. The molecular formula is C14H19N3O3S. The van der Waals surface area contributed by atoms with Crippen molar-refractivity contribution < 1.29 is 13.2 Å². The van der Waals surface area contributed by atoms with Crippen molar-refractivity contribution >= 4 is 10.0 Å². The molecule has 0 amide bonds. The Bertz CT molecular complexity index is 681. The maximum atomic E-state index is 12.2. The van der Waals surface area contributed by atoms with E-state index in [2.05, 4.69) is 14.9 Å². The lowest BCUT2D eigenvalue weighted by Crippen LogP contribution is -2.27. The average molecular weight is 309 g/mol. The number of nitrogens with zero attached hydrogens (tertiary/aromatic N) is 1. The van der Waals surface area contributed by atoms with Crippen LogP contribution < -0.4 is 9.46 Å². The highest BCUT2D eigenvalue weighted by Gasteiger charge is 2.21. The summed E-state index contributed by atoms with van der Waals surface area (Å²) in [4.78, 5) is 0.108. The second-order valence-corrected chi connectivity index (χ2v) is 6.70. The van der Waals surface area contributed by atoms with Crippen LogP contribution in [0.4, 0.5) is 0 Å². The van der Waals surface area contributed by atoms with Crippen molar-refractivity contribution in [1.29, 1.82) is 0 Å². The second kappa shape index (κ2) is 6.28. The van der Waals surface area contributed by atoms with Gasteiger partial charge in [0.25, 0.3) is 0 Å². The van der Waals surface area contributed by atoms with Crippen molar-refractivity contribution in [3.8, 4) is 5.75 Å². The van der Waals surface area contributed by atoms with E-state index in [1.807, 2.05) is 38.1 Å². The summed E-state index contributed by atoms with van der Waals surface area (Å²) in [7, 11) is -3.61. The van der Waals surface area contributed by atoms with Gasteiger partial charge in [-0.05, 0) is 26.8 Å². The number of para-hydroxylation sites is 1. The van der Waals surface area contributed by atoms with Crippen LogP contribution in [0, 0.1) is 0 Å². The summed E-state index contributed by atoms with van der Waals surface area (Å²) in [5.74, 6) is 0.676. The fraction of sp³-hybridized carbons (Fsp3) is 0.357. The van der Waals surface area contributed by atoms with Crippen molar-refractivity contribution in [3.63, 3.8) is 0 Å². The molecule has 1 heterocycles. The summed E-state index contributed by atoms with van der Waals surface area (Å²) in [6.07, 6.45) is 2.63. The zero-order valence-corrected chi connectivity index (χ0v) is 13.0. The van der Waals surface area contributed by atoms with E-state index >= 15 is 0 Å². The summed E-state index contributed by atoms with van der Waals surface area (Å²) in [5, 5.41) is 6.15. The van der Waals surface area contributed by atoms with Crippen LogP contribution in [-0.2, 0) is 10.0 Å². The van der Waals surface area contributed by atoms with Gasteiger partial charge in [0.05, 0.1) is 12.3 Å². The number of aromatic amines is 1. The third kappa shape index (κ3) is 3.83. The lowest BCUT2D eigenvalue weighted by molar-refractivity contribution is 0.238. The smallest absolute Gasteiger partial charge is 0.244 e. The lowest BCUT2D eigenvalue weighted by Gasteiger charge is -2.19. The molecule has 1 unspecified atom stereocenters. The van der Waals surface area contributed by atoms with E-state index in [-0.39, 0.29) is 11.0 Å². The topological polar surface area (TPSA) is 84.1 Å². The molecule has 1 aromatic heterocycles. The van der Waals surface area contributed by atoms with Crippen LogP contribution in [0.15, 0.2) is 41.6 Å². The number of sulfonamides is 1. The molecule has 0 radical (unpaired) electrons. The molecule has 0 fully saturated rings. The molecule has 2 N–H and O–H groups in total. The Hall–Kier alpha value is -1.86. The molecular weight excluding hydrogens is 290 g/mol. The Morgan fingerprint density at radius 3 is 2.57 bits per heavy atom. The predicted octanol–water partition coefficient (Wildman–Crippen LogP) is 2.24. The molecule has 0 aliphatic carbocycles. The van der Waals surface area contributed by atoms with E-state index in [0.29, 0.717) is 5.75 Å². The monoisotopic (exact) mass is 309 g/mol. The first-order chi connectivity index (χ1) is 9.90. The highest BCUT2D eigenvalue weighted by Crippen LogP contribution is 2.26. The van der Waals surface area contributed by atoms with Gasteiger partial charge in [0.2, 0.25) is 10.0 Å². The minimum atomic E-state index is -3.61. The van der Waals surface area contributed by atoms with E-state index in [9.17, 15) is 8.42 Å². The number of aromatic nitrogens is 2. The number of hydrogen-bond acceptors (Lipinski definition) is 4. The summed E-state index contributed by atoms with van der Waals surface area (Å²) >= 11 is 0. The largest absolute Gasteiger partial charge is 0.491 e. The van der Waals surface area contributed by atoms with Crippen molar-refractivity contribution in [2.24, 2.45) is 0 Å². The van der Waals surface area contributed by atoms with Crippen LogP contribution in [0.2, 0.25) is 0 Å². The fourth-order valence-corrected chi connectivity index (χ4v) is 3.08. The first-order valence-corrected chi connectivity index (χ1v) is 8.15. The molecule has 0 aliphatic rings. The zero-order chi connectivity index (χ0) is 15.5. The molecule has 0 saturated carbocycles. The molecule has 21 heavy (non-hydrogen) atoms. The molecule has 7 heteroatoms. The van der Waals surface area contributed by atoms with Crippen LogP contribution in [-0.4, -0.2) is 24.7 Å². The Kier molecular flexibility index (Phi) is 4.64.